The van der Waals surface area contributed by atoms with Crippen LogP contribution in [0.25, 0.3) is 5.65 Å². The molecular formula is C11H14N4. The van der Waals surface area contributed by atoms with Gasteiger partial charge in [-0.1, -0.05) is 6.07 Å². The summed E-state index contributed by atoms with van der Waals surface area (Å²) in [6.45, 7) is 3.07. The number of aryl methyl sites for hydroxylation is 1. The molecule has 0 amide bonds. The number of aromatic nitrogens is 3. The molecule has 0 atom stereocenters. The maximum absolute atomic E-state index is 4.17. The highest BCUT2D eigenvalue weighted by atomic mass is 15.3. The molecule has 0 saturated heterocycles. The van der Waals surface area contributed by atoms with E-state index in [4.69, 9.17) is 0 Å². The molecule has 1 saturated carbocycles. The molecule has 0 aliphatic heterocycles. The van der Waals surface area contributed by atoms with Crippen LogP contribution in [0.1, 0.15) is 18.4 Å². The number of anilines is 1. The Morgan fingerprint density at radius 3 is 3.13 bits per heavy atom. The molecule has 2 heterocycles. The number of pyridine rings is 1. The van der Waals surface area contributed by atoms with Crippen molar-refractivity contribution in [1.82, 2.24) is 14.6 Å². The molecule has 1 fully saturated rings. The van der Waals surface area contributed by atoms with Crippen LogP contribution in [0.2, 0.25) is 0 Å². The first-order valence-electron chi connectivity index (χ1n) is 5.39. The van der Waals surface area contributed by atoms with Gasteiger partial charge in [0.05, 0.1) is 0 Å². The topological polar surface area (TPSA) is 42.2 Å². The second-order valence-electron chi connectivity index (χ2n) is 4.23. The van der Waals surface area contributed by atoms with Crippen molar-refractivity contribution >= 4 is 11.6 Å². The standard InChI is InChI=1S/C11H14N4/c1-8-3-2-6-15-10(8)13-14-11(15)12-7-9-4-5-9/h2-3,6,9H,4-5,7H2,1H3,(H,12,14). The molecule has 0 radical (unpaired) electrons. The summed E-state index contributed by atoms with van der Waals surface area (Å²) in [4.78, 5) is 0. The molecule has 3 rings (SSSR count). The molecule has 78 valence electrons. The van der Waals surface area contributed by atoms with Crippen LogP contribution < -0.4 is 5.32 Å². The third kappa shape index (κ3) is 1.56. The Morgan fingerprint density at radius 2 is 2.33 bits per heavy atom. The van der Waals surface area contributed by atoms with Crippen molar-refractivity contribution in [3.05, 3.63) is 23.9 Å². The first-order chi connectivity index (χ1) is 7.34. The zero-order valence-electron chi connectivity index (χ0n) is 8.77. The van der Waals surface area contributed by atoms with E-state index in [1.165, 1.54) is 12.8 Å². The summed E-state index contributed by atoms with van der Waals surface area (Å²) in [5, 5.41) is 11.7. The quantitative estimate of drug-likeness (QED) is 0.826. The van der Waals surface area contributed by atoms with Gasteiger partial charge in [-0.15, -0.1) is 10.2 Å². The fourth-order valence-corrected chi connectivity index (χ4v) is 1.73. The van der Waals surface area contributed by atoms with E-state index in [1.54, 1.807) is 0 Å². The smallest absolute Gasteiger partial charge is 0.229 e. The van der Waals surface area contributed by atoms with Crippen LogP contribution in [-0.4, -0.2) is 21.1 Å². The Morgan fingerprint density at radius 1 is 1.47 bits per heavy atom. The molecule has 0 bridgehead atoms. The molecule has 4 nitrogen and oxygen atoms in total. The Kier molecular flexibility index (Phi) is 1.87. The number of nitrogens with one attached hydrogen (secondary N) is 1. The van der Waals surface area contributed by atoms with Crippen LogP contribution in [0.4, 0.5) is 5.95 Å². The number of nitrogens with zero attached hydrogens (tertiary/aromatic N) is 3. The van der Waals surface area contributed by atoms with Crippen molar-refractivity contribution in [1.29, 1.82) is 0 Å². The van der Waals surface area contributed by atoms with Crippen LogP contribution in [0.15, 0.2) is 18.3 Å². The summed E-state index contributed by atoms with van der Waals surface area (Å²) in [6.07, 6.45) is 4.70. The first-order valence-corrected chi connectivity index (χ1v) is 5.39. The number of rotatable bonds is 3. The van der Waals surface area contributed by atoms with Gasteiger partial charge >= 0.3 is 0 Å². The zero-order chi connectivity index (χ0) is 10.3. The molecule has 0 unspecified atom stereocenters. The summed E-state index contributed by atoms with van der Waals surface area (Å²) in [5.41, 5.74) is 2.10. The fraction of sp³-hybridized carbons (Fsp3) is 0.455. The SMILES string of the molecule is Cc1cccn2c(NCC3CC3)nnc12. The highest BCUT2D eigenvalue weighted by Crippen LogP contribution is 2.28. The number of hydrogen-bond acceptors (Lipinski definition) is 3. The Hall–Kier alpha value is -1.58. The van der Waals surface area contributed by atoms with Gasteiger partial charge in [-0.25, -0.2) is 0 Å². The minimum atomic E-state index is 0.849. The first kappa shape index (κ1) is 8.71. The highest BCUT2D eigenvalue weighted by molar-refractivity contribution is 5.51. The lowest BCUT2D eigenvalue weighted by Gasteiger charge is -2.02. The minimum absolute atomic E-state index is 0.849. The predicted molar refractivity (Wildman–Crippen MR) is 58.9 cm³/mol. The second-order valence-corrected chi connectivity index (χ2v) is 4.23. The lowest BCUT2D eigenvalue weighted by atomic mass is 10.3. The van der Waals surface area contributed by atoms with E-state index in [1.807, 2.05) is 16.7 Å². The number of hydrogen-bond donors (Lipinski definition) is 1. The Labute approximate surface area is 88.3 Å². The van der Waals surface area contributed by atoms with Crippen molar-refractivity contribution < 1.29 is 0 Å². The normalized spacial score (nSPS) is 15.8. The third-order valence-corrected chi connectivity index (χ3v) is 2.88. The summed E-state index contributed by atoms with van der Waals surface area (Å²) >= 11 is 0. The van der Waals surface area contributed by atoms with Crippen LogP contribution in [-0.2, 0) is 0 Å². The van der Waals surface area contributed by atoms with E-state index >= 15 is 0 Å². The average Bonchev–Trinajstić information content (AvgIpc) is 2.97. The average molecular weight is 202 g/mol. The highest BCUT2D eigenvalue weighted by Gasteiger charge is 2.21. The molecule has 0 spiro atoms. The van der Waals surface area contributed by atoms with Gasteiger partial charge in [0.1, 0.15) is 0 Å². The molecule has 0 aromatic carbocycles. The van der Waals surface area contributed by atoms with E-state index in [-0.39, 0.29) is 0 Å². The lowest BCUT2D eigenvalue weighted by Crippen LogP contribution is -2.06. The van der Waals surface area contributed by atoms with Gasteiger partial charge < -0.3 is 5.32 Å². The number of fused-ring (bicyclic) bond motifs is 1. The van der Waals surface area contributed by atoms with Gasteiger partial charge in [-0.3, -0.25) is 4.40 Å². The van der Waals surface area contributed by atoms with E-state index in [0.29, 0.717) is 0 Å². The maximum atomic E-state index is 4.17. The molecule has 2 aromatic rings. The molecule has 1 aliphatic carbocycles. The molecular weight excluding hydrogens is 188 g/mol. The van der Waals surface area contributed by atoms with Gasteiger partial charge in [0.2, 0.25) is 5.95 Å². The zero-order valence-corrected chi connectivity index (χ0v) is 8.77. The Bertz CT molecular complexity index is 484. The van der Waals surface area contributed by atoms with Crippen LogP contribution in [0, 0.1) is 12.8 Å². The predicted octanol–water partition coefficient (Wildman–Crippen LogP) is 1.86. The van der Waals surface area contributed by atoms with E-state index < -0.39 is 0 Å². The molecule has 2 aromatic heterocycles. The van der Waals surface area contributed by atoms with Crippen molar-refractivity contribution in [3.8, 4) is 0 Å². The summed E-state index contributed by atoms with van der Waals surface area (Å²) in [5.74, 6) is 1.71. The lowest BCUT2D eigenvalue weighted by molar-refractivity contribution is 0.869. The van der Waals surface area contributed by atoms with Crippen LogP contribution in [0.5, 0.6) is 0 Å². The maximum Gasteiger partial charge on any atom is 0.229 e. The van der Waals surface area contributed by atoms with Crippen molar-refractivity contribution in [2.24, 2.45) is 5.92 Å². The van der Waals surface area contributed by atoms with Crippen molar-refractivity contribution in [2.45, 2.75) is 19.8 Å². The van der Waals surface area contributed by atoms with Gasteiger partial charge in [0.15, 0.2) is 5.65 Å². The van der Waals surface area contributed by atoms with Gasteiger partial charge in [0, 0.05) is 12.7 Å². The minimum Gasteiger partial charge on any atom is -0.354 e. The van der Waals surface area contributed by atoms with Crippen molar-refractivity contribution in [3.63, 3.8) is 0 Å². The second kappa shape index (κ2) is 3.22. The van der Waals surface area contributed by atoms with Gasteiger partial charge in [0.25, 0.3) is 0 Å². The van der Waals surface area contributed by atoms with E-state index in [9.17, 15) is 0 Å². The van der Waals surface area contributed by atoms with Crippen LogP contribution >= 0.6 is 0 Å². The van der Waals surface area contributed by atoms with E-state index in [0.717, 1.165) is 29.6 Å². The van der Waals surface area contributed by atoms with Gasteiger partial charge in [-0.05, 0) is 37.3 Å². The van der Waals surface area contributed by atoms with Gasteiger partial charge in [-0.2, -0.15) is 0 Å². The van der Waals surface area contributed by atoms with E-state index in [2.05, 4.69) is 28.5 Å². The third-order valence-electron chi connectivity index (χ3n) is 2.88. The Balaban J connectivity index is 1.92. The summed E-state index contributed by atoms with van der Waals surface area (Å²) in [6, 6.07) is 4.07. The fourth-order valence-electron chi connectivity index (χ4n) is 1.73. The molecule has 1 aliphatic rings. The molecule has 15 heavy (non-hydrogen) atoms. The monoisotopic (exact) mass is 202 g/mol. The molecule has 1 N–H and O–H groups in total. The van der Waals surface area contributed by atoms with Crippen molar-refractivity contribution in [2.75, 3.05) is 11.9 Å². The largest absolute Gasteiger partial charge is 0.354 e. The summed E-state index contributed by atoms with van der Waals surface area (Å²) < 4.78 is 2.01. The summed E-state index contributed by atoms with van der Waals surface area (Å²) in [7, 11) is 0. The van der Waals surface area contributed by atoms with Crippen LogP contribution in [0.3, 0.4) is 0 Å². The molecule has 4 heteroatoms.